The van der Waals surface area contributed by atoms with Crippen molar-refractivity contribution in [1.82, 2.24) is 14.7 Å². The van der Waals surface area contributed by atoms with Gasteiger partial charge in [-0.15, -0.1) is 0 Å². The van der Waals surface area contributed by atoms with Gasteiger partial charge in [0.15, 0.2) is 0 Å². The number of piperidine rings is 1. The minimum atomic E-state index is -0.0116. The second kappa shape index (κ2) is 8.25. The largest absolute Gasteiger partial charge is 0.341 e. The van der Waals surface area contributed by atoms with Crippen LogP contribution in [0, 0.1) is 5.92 Å². The molecule has 0 aromatic heterocycles. The maximum Gasteiger partial charge on any atom is 0.242 e. The van der Waals surface area contributed by atoms with Gasteiger partial charge in [0.05, 0.1) is 6.54 Å². The molecule has 0 aromatic rings. The molecule has 0 bridgehead atoms. The topological polar surface area (TPSA) is 43.9 Å². The fourth-order valence-corrected chi connectivity index (χ4v) is 2.45. The summed E-state index contributed by atoms with van der Waals surface area (Å²) in [6.07, 6.45) is 3.05. The third-order valence-corrected chi connectivity index (χ3v) is 3.94. The highest BCUT2D eigenvalue weighted by Crippen LogP contribution is 2.16. The number of carbonyl (C=O) groups excluding carboxylic acids is 2. The zero-order chi connectivity index (χ0) is 15.1. The van der Waals surface area contributed by atoms with Crippen LogP contribution in [0.4, 0.5) is 0 Å². The van der Waals surface area contributed by atoms with Crippen molar-refractivity contribution in [3.8, 4) is 0 Å². The zero-order valence-corrected chi connectivity index (χ0v) is 13.4. The van der Waals surface area contributed by atoms with Gasteiger partial charge in [0.1, 0.15) is 0 Å². The Kier molecular flexibility index (Phi) is 6.99. The van der Waals surface area contributed by atoms with Crippen molar-refractivity contribution >= 4 is 11.8 Å². The van der Waals surface area contributed by atoms with Crippen LogP contribution < -0.4 is 0 Å². The first-order valence-corrected chi connectivity index (χ1v) is 7.58. The normalized spacial score (nSPS) is 16.6. The minimum absolute atomic E-state index is 0.0116. The van der Waals surface area contributed by atoms with Gasteiger partial charge in [-0.3, -0.25) is 9.59 Å². The van der Waals surface area contributed by atoms with Crippen molar-refractivity contribution in [1.29, 1.82) is 0 Å². The van der Waals surface area contributed by atoms with E-state index in [1.165, 1.54) is 0 Å². The van der Waals surface area contributed by atoms with Crippen LogP contribution in [0.15, 0.2) is 0 Å². The van der Waals surface area contributed by atoms with Crippen LogP contribution in [0.1, 0.15) is 33.1 Å². The standard InChI is InChI=1S/C15H29N3O2/c1-13-6-10-17(11-7-13)15(20)12-18(14(2)19)9-5-8-16(3)4/h13H,5-12H2,1-4H3. The highest BCUT2D eigenvalue weighted by Gasteiger charge is 2.22. The lowest BCUT2D eigenvalue weighted by Gasteiger charge is -2.32. The van der Waals surface area contributed by atoms with E-state index < -0.39 is 0 Å². The van der Waals surface area contributed by atoms with Crippen LogP contribution >= 0.6 is 0 Å². The van der Waals surface area contributed by atoms with Crippen LogP contribution in [0.2, 0.25) is 0 Å². The second-order valence-electron chi connectivity index (χ2n) is 6.16. The lowest BCUT2D eigenvalue weighted by atomic mass is 9.99. The first-order valence-electron chi connectivity index (χ1n) is 7.58. The van der Waals surface area contributed by atoms with Gasteiger partial charge in [0, 0.05) is 26.6 Å². The Labute approximate surface area is 122 Å². The van der Waals surface area contributed by atoms with Crippen LogP contribution in [0.25, 0.3) is 0 Å². The van der Waals surface area contributed by atoms with Crippen molar-refractivity contribution in [2.45, 2.75) is 33.1 Å². The Bertz CT molecular complexity index is 323. The van der Waals surface area contributed by atoms with E-state index >= 15 is 0 Å². The molecule has 1 aliphatic rings. The molecule has 5 heteroatoms. The van der Waals surface area contributed by atoms with Crippen molar-refractivity contribution < 1.29 is 9.59 Å². The van der Waals surface area contributed by atoms with Gasteiger partial charge in [0.25, 0.3) is 0 Å². The summed E-state index contributed by atoms with van der Waals surface area (Å²) in [5.74, 6) is 0.794. The molecule has 116 valence electrons. The average Bonchev–Trinajstić information content (AvgIpc) is 2.37. The summed E-state index contributed by atoms with van der Waals surface area (Å²) in [7, 11) is 4.02. The summed E-state index contributed by atoms with van der Waals surface area (Å²) in [4.78, 5) is 29.5. The molecule has 0 unspecified atom stereocenters. The molecule has 0 radical (unpaired) electrons. The highest BCUT2D eigenvalue weighted by molar-refractivity contribution is 5.83. The summed E-state index contributed by atoms with van der Waals surface area (Å²) < 4.78 is 0. The molecule has 1 saturated heterocycles. The average molecular weight is 283 g/mol. The highest BCUT2D eigenvalue weighted by atomic mass is 16.2. The molecular formula is C15H29N3O2. The molecule has 1 aliphatic heterocycles. The van der Waals surface area contributed by atoms with Crippen molar-refractivity contribution in [3.05, 3.63) is 0 Å². The summed E-state index contributed by atoms with van der Waals surface area (Å²) in [5.41, 5.74) is 0. The molecule has 1 heterocycles. The smallest absolute Gasteiger partial charge is 0.242 e. The SMILES string of the molecule is CC(=O)N(CCCN(C)C)CC(=O)N1CCC(C)CC1. The van der Waals surface area contributed by atoms with Crippen LogP contribution in [-0.4, -0.2) is 73.3 Å². The summed E-state index contributed by atoms with van der Waals surface area (Å²) in [5, 5.41) is 0. The molecule has 0 aliphatic carbocycles. The summed E-state index contributed by atoms with van der Waals surface area (Å²) in [6.45, 7) is 7.26. The van der Waals surface area contributed by atoms with Gasteiger partial charge in [-0.25, -0.2) is 0 Å². The van der Waals surface area contributed by atoms with Crippen molar-refractivity contribution in [2.75, 3.05) is 46.8 Å². The van der Waals surface area contributed by atoms with Crippen molar-refractivity contribution in [2.24, 2.45) is 5.92 Å². The molecule has 2 amide bonds. The monoisotopic (exact) mass is 283 g/mol. The Morgan fingerprint density at radius 1 is 1.15 bits per heavy atom. The van der Waals surface area contributed by atoms with E-state index in [0.29, 0.717) is 12.5 Å². The molecule has 20 heavy (non-hydrogen) atoms. The number of rotatable bonds is 6. The number of amides is 2. The molecular weight excluding hydrogens is 254 g/mol. The number of hydrogen-bond acceptors (Lipinski definition) is 3. The number of carbonyl (C=O) groups is 2. The van der Waals surface area contributed by atoms with Gasteiger partial charge < -0.3 is 14.7 Å². The van der Waals surface area contributed by atoms with Crippen LogP contribution in [-0.2, 0) is 9.59 Å². The van der Waals surface area contributed by atoms with Gasteiger partial charge in [-0.05, 0) is 45.8 Å². The Hall–Kier alpha value is -1.10. The molecule has 1 fully saturated rings. The third-order valence-electron chi connectivity index (χ3n) is 3.94. The minimum Gasteiger partial charge on any atom is -0.341 e. The predicted octanol–water partition coefficient (Wildman–Crippen LogP) is 1.05. The van der Waals surface area contributed by atoms with E-state index in [4.69, 9.17) is 0 Å². The molecule has 0 N–H and O–H groups in total. The van der Waals surface area contributed by atoms with E-state index in [1.54, 1.807) is 11.8 Å². The maximum atomic E-state index is 12.2. The molecule has 0 atom stereocenters. The lowest BCUT2D eigenvalue weighted by Crippen LogP contribution is -2.45. The van der Waals surface area contributed by atoms with E-state index in [1.807, 2.05) is 19.0 Å². The summed E-state index contributed by atoms with van der Waals surface area (Å²) in [6, 6.07) is 0. The van der Waals surface area contributed by atoms with Gasteiger partial charge >= 0.3 is 0 Å². The van der Waals surface area contributed by atoms with Crippen LogP contribution in [0.5, 0.6) is 0 Å². The van der Waals surface area contributed by atoms with E-state index in [-0.39, 0.29) is 18.4 Å². The Morgan fingerprint density at radius 3 is 2.25 bits per heavy atom. The first-order chi connectivity index (χ1) is 9.40. The molecule has 1 rings (SSSR count). The number of hydrogen-bond donors (Lipinski definition) is 0. The van der Waals surface area contributed by atoms with Gasteiger partial charge in [-0.1, -0.05) is 6.92 Å². The molecule has 0 saturated carbocycles. The fourth-order valence-electron chi connectivity index (χ4n) is 2.45. The molecule has 5 nitrogen and oxygen atoms in total. The molecule has 0 aromatic carbocycles. The fraction of sp³-hybridized carbons (Fsp3) is 0.867. The Balaban J connectivity index is 2.40. The second-order valence-corrected chi connectivity index (χ2v) is 6.16. The predicted molar refractivity (Wildman–Crippen MR) is 80.4 cm³/mol. The number of likely N-dealkylation sites (tertiary alicyclic amines) is 1. The molecule has 0 spiro atoms. The van der Waals surface area contributed by atoms with E-state index in [0.717, 1.165) is 38.9 Å². The van der Waals surface area contributed by atoms with Crippen LogP contribution in [0.3, 0.4) is 0 Å². The summed E-state index contributed by atoms with van der Waals surface area (Å²) >= 11 is 0. The van der Waals surface area contributed by atoms with Gasteiger partial charge in [-0.2, -0.15) is 0 Å². The third kappa shape index (κ3) is 5.90. The quantitative estimate of drug-likeness (QED) is 0.732. The lowest BCUT2D eigenvalue weighted by molar-refractivity contribution is -0.140. The zero-order valence-electron chi connectivity index (χ0n) is 13.4. The van der Waals surface area contributed by atoms with Crippen molar-refractivity contribution in [3.63, 3.8) is 0 Å². The Morgan fingerprint density at radius 2 is 1.75 bits per heavy atom. The first kappa shape index (κ1) is 17.0. The van der Waals surface area contributed by atoms with Gasteiger partial charge in [0.2, 0.25) is 11.8 Å². The van der Waals surface area contributed by atoms with E-state index in [2.05, 4.69) is 11.8 Å². The number of nitrogens with zero attached hydrogens (tertiary/aromatic N) is 3. The maximum absolute atomic E-state index is 12.2. The van der Waals surface area contributed by atoms with E-state index in [9.17, 15) is 9.59 Å².